The topological polar surface area (TPSA) is 0 Å². The van der Waals surface area contributed by atoms with Crippen molar-refractivity contribution in [1.29, 1.82) is 0 Å². The fourth-order valence-corrected chi connectivity index (χ4v) is 6.48. The Bertz CT molecular complexity index is 189. The van der Waals surface area contributed by atoms with Gasteiger partial charge in [-0.15, -0.1) is 7.92 Å². The fourth-order valence-electron chi connectivity index (χ4n) is 4.61. The Labute approximate surface area is 91.6 Å². The molecule has 0 aromatic heterocycles. The van der Waals surface area contributed by atoms with E-state index in [0.29, 0.717) is 7.92 Å². The zero-order chi connectivity index (χ0) is 9.05. The summed E-state index contributed by atoms with van der Waals surface area (Å²) in [6.45, 7) is 5.06. The first kappa shape index (κ1) is 11.0. The van der Waals surface area contributed by atoms with E-state index in [9.17, 15) is 0 Å². The lowest BCUT2D eigenvalue weighted by Gasteiger charge is -2.58. The molecule has 4 aliphatic carbocycles. The van der Waals surface area contributed by atoms with Gasteiger partial charge in [0.1, 0.15) is 0 Å². The van der Waals surface area contributed by atoms with Gasteiger partial charge in [-0.1, -0.05) is 0 Å². The standard InChI is InChI=1S/C12H21P.B/c1-13(2)12-6-9-3-10(7-12)5-11(4-9)8-12;/h9-11H,3-8H2,1-2H3;. The van der Waals surface area contributed by atoms with Gasteiger partial charge in [-0.3, -0.25) is 0 Å². The molecule has 4 aliphatic rings. The van der Waals surface area contributed by atoms with Crippen LogP contribution < -0.4 is 0 Å². The van der Waals surface area contributed by atoms with Crippen molar-refractivity contribution in [3.8, 4) is 0 Å². The highest BCUT2D eigenvalue weighted by atomic mass is 31.1. The van der Waals surface area contributed by atoms with Crippen LogP contribution in [-0.2, 0) is 0 Å². The first-order valence-electron chi connectivity index (χ1n) is 5.85. The molecule has 0 aromatic carbocycles. The summed E-state index contributed by atoms with van der Waals surface area (Å²) < 4.78 is 0. The Morgan fingerprint density at radius 1 is 0.857 bits per heavy atom. The zero-order valence-electron chi connectivity index (χ0n) is 9.50. The minimum atomic E-state index is 0. The van der Waals surface area contributed by atoms with E-state index in [2.05, 4.69) is 13.3 Å². The second kappa shape index (κ2) is 3.51. The van der Waals surface area contributed by atoms with Crippen LogP contribution in [0.4, 0.5) is 0 Å². The Kier molecular flexibility index (Phi) is 2.76. The van der Waals surface area contributed by atoms with E-state index in [1.165, 1.54) is 0 Å². The second-order valence-electron chi connectivity index (χ2n) is 6.04. The quantitative estimate of drug-likeness (QED) is 0.457. The Morgan fingerprint density at radius 2 is 1.21 bits per heavy atom. The van der Waals surface area contributed by atoms with E-state index in [-0.39, 0.29) is 8.41 Å². The lowest BCUT2D eigenvalue weighted by Crippen LogP contribution is -2.49. The predicted molar refractivity (Wildman–Crippen MR) is 65.4 cm³/mol. The lowest BCUT2D eigenvalue weighted by atomic mass is 9.56. The minimum Gasteiger partial charge on any atom is -0.107 e. The maximum atomic E-state index is 2.53. The summed E-state index contributed by atoms with van der Waals surface area (Å²) in [6.07, 6.45) is 9.63. The van der Waals surface area contributed by atoms with Crippen LogP contribution in [0, 0.1) is 17.8 Å². The molecule has 77 valence electrons. The third-order valence-corrected chi connectivity index (χ3v) is 7.40. The molecule has 0 aliphatic heterocycles. The SMILES string of the molecule is CP(C)C12CC3CC(CC(C3)C1)C2.[B]. The molecule has 0 saturated heterocycles. The largest absolute Gasteiger partial charge is 0.107 e. The molecule has 2 heteroatoms. The Morgan fingerprint density at radius 3 is 1.50 bits per heavy atom. The van der Waals surface area contributed by atoms with Gasteiger partial charge in [-0.25, -0.2) is 0 Å². The third-order valence-electron chi connectivity index (χ3n) is 4.95. The third kappa shape index (κ3) is 1.47. The van der Waals surface area contributed by atoms with Crippen LogP contribution in [0.2, 0.25) is 0 Å². The molecular formula is C12H21BP. The van der Waals surface area contributed by atoms with Crippen LogP contribution >= 0.6 is 7.92 Å². The van der Waals surface area contributed by atoms with Gasteiger partial charge in [0.25, 0.3) is 0 Å². The molecule has 0 spiro atoms. The van der Waals surface area contributed by atoms with E-state index >= 15 is 0 Å². The maximum absolute atomic E-state index is 2.53. The summed E-state index contributed by atoms with van der Waals surface area (Å²) in [5.41, 5.74) is 0. The number of hydrogen-bond donors (Lipinski definition) is 0. The molecule has 0 unspecified atom stereocenters. The van der Waals surface area contributed by atoms with Crippen LogP contribution in [0.15, 0.2) is 0 Å². The van der Waals surface area contributed by atoms with Gasteiger partial charge in [-0.2, -0.15) is 0 Å². The fraction of sp³-hybridized carbons (Fsp3) is 1.00. The predicted octanol–water partition coefficient (Wildman–Crippen LogP) is 3.32. The average molecular weight is 207 g/mol. The highest BCUT2D eigenvalue weighted by Crippen LogP contribution is 2.66. The van der Waals surface area contributed by atoms with Crippen molar-refractivity contribution >= 4 is 16.3 Å². The van der Waals surface area contributed by atoms with Gasteiger partial charge in [0.15, 0.2) is 0 Å². The molecule has 0 heterocycles. The Hall–Kier alpha value is 0.495. The monoisotopic (exact) mass is 207 g/mol. The minimum absolute atomic E-state index is 0. The van der Waals surface area contributed by atoms with Crippen molar-refractivity contribution < 1.29 is 0 Å². The van der Waals surface area contributed by atoms with Gasteiger partial charge in [-0.05, 0) is 74.8 Å². The highest BCUT2D eigenvalue weighted by molar-refractivity contribution is 7.57. The number of rotatable bonds is 1. The molecule has 0 atom stereocenters. The van der Waals surface area contributed by atoms with Crippen molar-refractivity contribution in [2.45, 2.75) is 43.7 Å². The van der Waals surface area contributed by atoms with E-state index in [4.69, 9.17) is 0 Å². The molecule has 4 bridgehead atoms. The summed E-state index contributed by atoms with van der Waals surface area (Å²) in [5.74, 6) is 3.45. The van der Waals surface area contributed by atoms with Crippen LogP contribution in [0.3, 0.4) is 0 Å². The van der Waals surface area contributed by atoms with Gasteiger partial charge >= 0.3 is 0 Å². The van der Waals surface area contributed by atoms with Crippen LogP contribution in [-0.4, -0.2) is 26.9 Å². The van der Waals surface area contributed by atoms with Crippen molar-refractivity contribution in [1.82, 2.24) is 0 Å². The zero-order valence-corrected chi connectivity index (χ0v) is 10.4. The van der Waals surface area contributed by atoms with Gasteiger partial charge < -0.3 is 0 Å². The maximum Gasteiger partial charge on any atom is 0 e. The van der Waals surface area contributed by atoms with Gasteiger partial charge in [0.2, 0.25) is 0 Å². The molecule has 4 rings (SSSR count). The lowest BCUT2D eigenvalue weighted by molar-refractivity contribution is 0.0359. The molecule has 4 saturated carbocycles. The number of hydrogen-bond acceptors (Lipinski definition) is 0. The van der Waals surface area contributed by atoms with Crippen molar-refractivity contribution in [3.63, 3.8) is 0 Å². The van der Waals surface area contributed by atoms with Gasteiger partial charge in [0, 0.05) is 8.41 Å². The van der Waals surface area contributed by atoms with E-state index in [1.807, 2.05) is 0 Å². The molecule has 3 radical (unpaired) electrons. The first-order chi connectivity index (χ1) is 6.18. The molecule has 14 heavy (non-hydrogen) atoms. The summed E-state index contributed by atoms with van der Waals surface area (Å²) >= 11 is 0. The van der Waals surface area contributed by atoms with Crippen LogP contribution in [0.25, 0.3) is 0 Å². The smallest absolute Gasteiger partial charge is 0 e. The van der Waals surface area contributed by atoms with Crippen molar-refractivity contribution in [2.75, 3.05) is 13.3 Å². The molecule has 0 N–H and O–H groups in total. The van der Waals surface area contributed by atoms with E-state index < -0.39 is 0 Å². The van der Waals surface area contributed by atoms with E-state index in [1.54, 1.807) is 38.5 Å². The van der Waals surface area contributed by atoms with Crippen molar-refractivity contribution in [2.24, 2.45) is 17.8 Å². The normalized spacial score (nSPS) is 49.5. The van der Waals surface area contributed by atoms with Crippen LogP contribution in [0.1, 0.15) is 38.5 Å². The summed E-state index contributed by atoms with van der Waals surface area (Å²) in [4.78, 5) is 0. The molecule has 0 amide bonds. The summed E-state index contributed by atoms with van der Waals surface area (Å²) in [6, 6.07) is 0. The molecule has 0 aromatic rings. The molecule has 0 nitrogen and oxygen atoms in total. The first-order valence-corrected chi connectivity index (χ1v) is 8.09. The average Bonchev–Trinajstić information content (AvgIpc) is 2.00. The summed E-state index contributed by atoms with van der Waals surface area (Å²) in [5, 5.41) is 0.865. The molecular weight excluding hydrogens is 186 g/mol. The van der Waals surface area contributed by atoms with Crippen LogP contribution in [0.5, 0.6) is 0 Å². The second-order valence-corrected chi connectivity index (χ2v) is 8.77. The van der Waals surface area contributed by atoms with Crippen molar-refractivity contribution in [3.05, 3.63) is 0 Å². The Balaban J connectivity index is 0.000000750. The molecule has 4 fully saturated rings. The van der Waals surface area contributed by atoms with Gasteiger partial charge in [0.05, 0.1) is 0 Å². The van der Waals surface area contributed by atoms with E-state index in [0.717, 1.165) is 22.9 Å². The summed E-state index contributed by atoms with van der Waals surface area (Å²) in [7, 11) is 0.325. The highest BCUT2D eigenvalue weighted by Gasteiger charge is 2.51.